The number of aromatic nitrogens is 1. The van der Waals surface area contributed by atoms with Gasteiger partial charge >= 0.3 is 0 Å². The number of amidine groups is 1. The van der Waals surface area contributed by atoms with Crippen LogP contribution >= 0.6 is 0 Å². The summed E-state index contributed by atoms with van der Waals surface area (Å²) in [6.07, 6.45) is 5.73. The van der Waals surface area contributed by atoms with Gasteiger partial charge in [0.15, 0.2) is 12.4 Å². The molecule has 1 aliphatic heterocycles. The fourth-order valence-corrected chi connectivity index (χ4v) is 2.38. The number of halogens is 1. The Labute approximate surface area is 153 Å². The molecule has 1 aliphatic rings. The van der Waals surface area contributed by atoms with Crippen molar-refractivity contribution in [3.05, 3.63) is 71.7 Å². The second kappa shape index (κ2) is 7.50. The lowest BCUT2D eigenvalue weighted by atomic mass is 10.2. The third-order valence-corrected chi connectivity index (χ3v) is 3.63. The maximum absolute atomic E-state index is 12.5. The topological polar surface area (TPSA) is 36.6 Å². The summed E-state index contributed by atoms with van der Waals surface area (Å²) >= 11 is 0. The molecule has 0 spiro atoms. The molecule has 23 heavy (non-hydrogen) atoms. The number of amides is 1. The van der Waals surface area contributed by atoms with Gasteiger partial charge in [0.05, 0.1) is 6.54 Å². The minimum atomic E-state index is -0.0467. The molecule has 0 radical (unpaired) electrons. The maximum atomic E-state index is 12.5. The molecule has 0 fully saturated rings. The van der Waals surface area contributed by atoms with Crippen molar-refractivity contribution in [1.82, 2.24) is 4.90 Å². The molecule has 0 atom stereocenters. The molecule has 1 amide bonds. The highest BCUT2D eigenvalue weighted by atomic mass is 127. The number of hydrogen-bond donors (Lipinski definition) is 0. The molecule has 0 saturated heterocycles. The standard InChI is InChI=1S/C18H18N3O.HI/c1-14-19-17(12-15-8-10-20(2)11-9-15)18(22)21(14)13-16-6-4-3-5-7-16;/h3-12H,13H2,1-2H3;1H/q+1;/p-1. The van der Waals surface area contributed by atoms with Crippen molar-refractivity contribution in [2.75, 3.05) is 0 Å². The molecule has 2 aromatic rings. The van der Waals surface area contributed by atoms with Gasteiger partial charge in [0, 0.05) is 12.1 Å². The highest BCUT2D eigenvalue weighted by molar-refractivity contribution is 6.13. The zero-order chi connectivity index (χ0) is 15.5. The zero-order valence-electron chi connectivity index (χ0n) is 13.1. The number of benzene rings is 1. The van der Waals surface area contributed by atoms with Crippen molar-refractivity contribution >= 4 is 17.8 Å². The van der Waals surface area contributed by atoms with Crippen molar-refractivity contribution in [2.24, 2.45) is 12.0 Å². The molecule has 0 N–H and O–H groups in total. The van der Waals surface area contributed by atoms with Crippen LogP contribution in [0.2, 0.25) is 0 Å². The minimum absolute atomic E-state index is 0. The van der Waals surface area contributed by atoms with Gasteiger partial charge in [0.25, 0.3) is 5.91 Å². The second-order valence-corrected chi connectivity index (χ2v) is 5.36. The molecule has 5 heteroatoms. The van der Waals surface area contributed by atoms with E-state index in [0.29, 0.717) is 12.2 Å². The molecule has 118 valence electrons. The molecule has 0 saturated carbocycles. The van der Waals surface area contributed by atoms with Crippen LogP contribution in [0.5, 0.6) is 0 Å². The fourth-order valence-electron chi connectivity index (χ4n) is 2.38. The Morgan fingerprint density at radius 1 is 1.13 bits per heavy atom. The summed E-state index contributed by atoms with van der Waals surface area (Å²) in [4.78, 5) is 18.7. The van der Waals surface area contributed by atoms with E-state index in [9.17, 15) is 4.79 Å². The van der Waals surface area contributed by atoms with Crippen LogP contribution in [0.15, 0.2) is 65.5 Å². The van der Waals surface area contributed by atoms with E-state index in [4.69, 9.17) is 0 Å². The van der Waals surface area contributed by atoms with Gasteiger partial charge in [-0.15, -0.1) is 0 Å². The minimum Gasteiger partial charge on any atom is -1.00 e. The smallest absolute Gasteiger partial charge is 0.278 e. The first kappa shape index (κ1) is 17.3. The van der Waals surface area contributed by atoms with E-state index in [0.717, 1.165) is 17.0 Å². The van der Waals surface area contributed by atoms with E-state index in [1.807, 2.05) is 79.5 Å². The summed E-state index contributed by atoms with van der Waals surface area (Å²) in [5.74, 6) is 0.691. The van der Waals surface area contributed by atoms with Crippen LogP contribution < -0.4 is 28.5 Å². The van der Waals surface area contributed by atoms with Gasteiger partial charge < -0.3 is 24.0 Å². The van der Waals surface area contributed by atoms with Crippen molar-refractivity contribution < 1.29 is 33.3 Å². The highest BCUT2D eigenvalue weighted by Crippen LogP contribution is 2.20. The first-order chi connectivity index (χ1) is 10.6. The third-order valence-electron chi connectivity index (χ3n) is 3.63. The Hall–Kier alpha value is -2.02. The van der Waals surface area contributed by atoms with E-state index in [1.165, 1.54) is 0 Å². The van der Waals surface area contributed by atoms with Gasteiger partial charge in [-0.05, 0) is 24.1 Å². The number of rotatable bonds is 3. The zero-order valence-corrected chi connectivity index (χ0v) is 15.3. The van der Waals surface area contributed by atoms with Gasteiger partial charge in [0.1, 0.15) is 18.6 Å². The van der Waals surface area contributed by atoms with Gasteiger partial charge in [-0.3, -0.25) is 9.69 Å². The average Bonchev–Trinajstić information content (AvgIpc) is 2.78. The van der Waals surface area contributed by atoms with E-state index in [2.05, 4.69) is 4.99 Å². The summed E-state index contributed by atoms with van der Waals surface area (Å²) < 4.78 is 1.95. The number of carbonyl (C=O) groups excluding carboxylic acids is 1. The lowest BCUT2D eigenvalue weighted by Crippen LogP contribution is -3.00. The summed E-state index contributed by atoms with van der Waals surface area (Å²) in [7, 11) is 1.96. The first-order valence-electron chi connectivity index (χ1n) is 7.21. The second-order valence-electron chi connectivity index (χ2n) is 5.36. The van der Waals surface area contributed by atoms with Crippen molar-refractivity contribution in [3.8, 4) is 0 Å². The third kappa shape index (κ3) is 4.04. The average molecular weight is 419 g/mol. The van der Waals surface area contributed by atoms with Crippen LogP contribution in [0.3, 0.4) is 0 Å². The molecule has 0 bridgehead atoms. The Morgan fingerprint density at radius 2 is 1.78 bits per heavy atom. The van der Waals surface area contributed by atoms with E-state index >= 15 is 0 Å². The van der Waals surface area contributed by atoms with Crippen LogP contribution in [0, 0.1) is 0 Å². The number of carbonyl (C=O) groups is 1. The maximum Gasteiger partial charge on any atom is 0.278 e. The van der Waals surface area contributed by atoms with E-state index < -0.39 is 0 Å². The van der Waals surface area contributed by atoms with Gasteiger partial charge in [-0.1, -0.05) is 30.3 Å². The van der Waals surface area contributed by atoms with Crippen LogP contribution in [-0.2, 0) is 18.4 Å². The van der Waals surface area contributed by atoms with Crippen LogP contribution in [-0.4, -0.2) is 16.6 Å². The number of aliphatic imine (C=N–C) groups is 1. The Balaban J connectivity index is 0.00000192. The molecular weight excluding hydrogens is 401 g/mol. The highest BCUT2D eigenvalue weighted by Gasteiger charge is 2.27. The van der Waals surface area contributed by atoms with E-state index in [-0.39, 0.29) is 29.9 Å². The van der Waals surface area contributed by atoms with Crippen molar-refractivity contribution in [3.63, 3.8) is 0 Å². The fraction of sp³-hybridized carbons (Fsp3) is 0.167. The van der Waals surface area contributed by atoms with Crippen molar-refractivity contribution in [2.45, 2.75) is 13.5 Å². The molecular formula is C18H18IN3O. The lowest BCUT2D eigenvalue weighted by Gasteiger charge is -2.15. The summed E-state index contributed by atoms with van der Waals surface area (Å²) in [5, 5.41) is 0. The first-order valence-corrected chi connectivity index (χ1v) is 7.21. The molecule has 4 nitrogen and oxygen atoms in total. The predicted octanol–water partition coefficient (Wildman–Crippen LogP) is -0.683. The molecule has 3 rings (SSSR count). The quantitative estimate of drug-likeness (QED) is 0.369. The number of aryl methyl sites for hydroxylation is 1. The summed E-state index contributed by atoms with van der Waals surface area (Å²) in [6, 6.07) is 13.9. The van der Waals surface area contributed by atoms with Crippen LogP contribution in [0.25, 0.3) is 6.08 Å². The molecule has 0 unspecified atom stereocenters. The van der Waals surface area contributed by atoms with Crippen LogP contribution in [0.1, 0.15) is 18.1 Å². The summed E-state index contributed by atoms with van der Waals surface area (Å²) in [6.45, 7) is 2.42. The Bertz CT molecular complexity index is 752. The SMILES string of the molecule is CC1=N/C(=C\c2cc[n+](C)cc2)C(=O)N1Cc1ccccc1.[I-]. The molecule has 1 aromatic heterocycles. The summed E-state index contributed by atoms with van der Waals surface area (Å²) in [5.41, 5.74) is 2.56. The predicted molar refractivity (Wildman–Crippen MR) is 85.7 cm³/mol. The molecule has 0 aliphatic carbocycles. The molecule has 2 heterocycles. The normalized spacial score (nSPS) is 15.6. The Morgan fingerprint density at radius 3 is 2.43 bits per heavy atom. The lowest BCUT2D eigenvalue weighted by molar-refractivity contribution is -0.671. The largest absolute Gasteiger partial charge is 1.00 e. The van der Waals surface area contributed by atoms with Crippen molar-refractivity contribution in [1.29, 1.82) is 0 Å². The van der Waals surface area contributed by atoms with Crippen LogP contribution in [0.4, 0.5) is 0 Å². The number of nitrogens with zero attached hydrogens (tertiary/aromatic N) is 3. The monoisotopic (exact) mass is 419 g/mol. The number of pyridine rings is 1. The van der Waals surface area contributed by atoms with E-state index in [1.54, 1.807) is 4.90 Å². The molecule has 1 aromatic carbocycles. The van der Waals surface area contributed by atoms with Gasteiger partial charge in [-0.25, -0.2) is 9.56 Å². The van der Waals surface area contributed by atoms with Gasteiger partial charge in [-0.2, -0.15) is 0 Å². The Kier molecular flexibility index (Phi) is 5.65. The van der Waals surface area contributed by atoms with Gasteiger partial charge in [0.2, 0.25) is 0 Å². The number of hydrogen-bond acceptors (Lipinski definition) is 2.